The third-order valence-corrected chi connectivity index (χ3v) is 6.30. The number of urea groups is 1. The fourth-order valence-electron chi connectivity index (χ4n) is 4.09. The van der Waals surface area contributed by atoms with E-state index in [9.17, 15) is 14.4 Å². The summed E-state index contributed by atoms with van der Waals surface area (Å²) in [7, 11) is 0. The molecule has 1 saturated heterocycles. The fraction of sp³-hybridized carbons (Fsp3) is 0.125. The lowest BCUT2D eigenvalue weighted by atomic mass is 9.89. The van der Waals surface area contributed by atoms with E-state index in [1.54, 1.807) is 29.2 Å². The van der Waals surface area contributed by atoms with Gasteiger partial charge in [-0.25, -0.2) is 4.79 Å². The molecule has 2 aliphatic heterocycles. The summed E-state index contributed by atoms with van der Waals surface area (Å²) in [6.07, 6.45) is 0. The average Bonchev–Trinajstić information content (AvgIpc) is 3.25. The summed E-state index contributed by atoms with van der Waals surface area (Å²) in [6, 6.07) is 21.4. The number of halogens is 1. The molecule has 2 N–H and O–H groups in total. The van der Waals surface area contributed by atoms with Gasteiger partial charge in [-0.2, -0.15) is 0 Å². The maximum absolute atomic E-state index is 13.1. The number of imide groups is 1. The molecule has 0 radical (unpaired) electrons. The molecule has 2 heterocycles. The molecule has 2 aliphatic rings. The van der Waals surface area contributed by atoms with Gasteiger partial charge in [-0.3, -0.25) is 14.9 Å². The Labute approximate surface area is 197 Å². The van der Waals surface area contributed by atoms with Crippen LogP contribution in [0.4, 0.5) is 4.79 Å². The van der Waals surface area contributed by atoms with Crippen molar-refractivity contribution in [2.75, 3.05) is 6.54 Å². The van der Waals surface area contributed by atoms with Crippen LogP contribution in [0.1, 0.15) is 21.5 Å². The number of nitrogens with one attached hydrogen (secondary N) is 2. The molecule has 8 heteroatoms. The zero-order valence-electron chi connectivity index (χ0n) is 16.8. The van der Waals surface area contributed by atoms with Gasteiger partial charge in [0, 0.05) is 15.7 Å². The summed E-state index contributed by atoms with van der Waals surface area (Å²) in [5.74, 6) is 0.507. The van der Waals surface area contributed by atoms with E-state index in [1.807, 2.05) is 48.5 Å². The molecule has 32 heavy (non-hydrogen) atoms. The van der Waals surface area contributed by atoms with Gasteiger partial charge in [0.05, 0.1) is 6.54 Å². The third kappa shape index (κ3) is 3.60. The highest BCUT2D eigenvalue weighted by atomic mass is 127. The number of fused-ring (bicyclic) bond motifs is 1. The minimum Gasteiger partial charge on any atom is -0.457 e. The smallest absolute Gasteiger partial charge is 0.322 e. The Morgan fingerprint density at radius 3 is 2.47 bits per heavy atom. The highest BCUT2D eigenvalue weighted by Gasteiger charge is 2.50. The van der Waals surface area contributed by atoms with Crippen LogP contribution in [0.3, 0.4) is 0 Å². The van der Waals surface area contributed by atoms with Crippen molar-refractivity contribution in [3.05, 3.63) is 93.1 Å². The van der Waals surface area contributed by atoms with E-state index in [0.717, 1.165) is 9.13 Å². The van der Waals surface area contributed by atoms with E-state index in [-0.39, 0.29) is 12.5 Å². The van der Waals surface area contributed by atoms with E-state index in [2.05, 4.69) is 33.2 Å². The second-order valence-corrected chi connectivity index (χ2v) is 8.96. The molecule has 0 saturated carbocycles. The van der Waals surface area contributed by atoms with Gasteiger partial charge in [0.15, 0.2) is 5.54 Å². The SMILES string of the molecule is O=C1NC(=O)C(CN2Cc3ccc(I)cc3C2=O)(c2cccc(Oc3ccccc3)c2)N1. The van der Waals surface area contributed by atoms with Crippen molar-refractivity contribution in [2.45, 2.75) is 12.1 Å². The van der Waals surface area contributed by atoms with Crippen LogP contribution in [0, 0.1) is 3.57 Å². The maximum Gasteiger partial charge on any atom is 0.322 e. The maximum atomic E-state index is 13.1. The number of carbonyl (C=O) groups excluding carboxylic acids is 3. The lowest BCUT2D eigenvalue weighted by Crippen LogP contribution is -2.52. The molecule has 1 fully saturated rings. The van der Waals surface area contributed by atoms with Crippen molar-refractivity contribution >= 4 is 40.4 Å². The lowest BCUT2D eigenvalue weighted by molar-refractivity contribution is -0.124. The Morgan fingerprint density at radius 2 is 1.72 bits per heavy atom. The van der Waals surface area contributed by atoms with E-state index in [4.69, 9.17) is 4.74 Å². The number of ether oxygens (including phenoxy) is 1. The number of nitrogens with zero attached hydrogens (tertiary/aromatic N) is 1. The molecule has 7 nitrogen and oxygen atoms in total. The first-order chi connectivity index (χ1) is 15.4. The first kappa shape index (κ1) is 20.5. The van der Waals surface area contributed by atoms with Gasteiger partial charge in [0.2, 0.25) is 0 Å². The molecular formula is C24H18IN3O4. The summed E-state index contributed by atoms with van der Waals surface area (Å²) in [5, 5.41) is 5.09. The molecule has 4 amide bonds. The number of para-hydroxylation sites is 1. The van der Waals surface area contributed by atoms with Gasteiger partial charge < -0.3 is 15.0 Å². The van der Waals surface area contributed by atoms with E-state index in [0.29, 0.717) is 29.2 Å². The molecule has 1 atom stereocenters. The number of hydrogen-bond donors (Lipinski definition) is 2. The molecule has 3 aromatic rings. The molecule has 0 spiro atoms. The number of carbonyl (C=O) groups is 3. The van der Waals surface area contributed by atoms with Crippen LogP contribution in [0.2, 0.25) is 0 Å². The molecule has 160 valence electrons. The van der Waals surface area contributed by atoms with Gasteiger partial charge in [-0.05, 0) is 70.1 Å². The Morgan fingerprint density at radius 1 is 0.938 bits per heavy atom. The summed E-state index contributed by atoms with van der Waals surface area (Å²) >= 11 is 2.17. The second kappa shape index (κ2) is 7.94. The van der Waals surface area contributed by atoms with Crippen LogP contribution in [0.5, 0.6) is 11.5 Å². The second-order valence-electron chi connectivity index (χ2n) is 7.72. The standard InChI is InChI=1S/C24H18IN3O4/c25-17-10-9-15-13-28(21(29)20(15)12-17)14-24(22(30)26-23(31)27-24)16-5-4-8-19(11-16)32-18-6-2-1-3-7-18/h1-12H,13-14H2,(H2,26,27,30,31). The minimum absolute atomic E-state index is 0.00343. The average molecular weight is 539 g/mol. The number of rotatable bonds is 5. The summed E-state index contributed by atoms with van der Waals surface area (Å²) < 4.78 is 6.88. The van der Waals surface area contributed by atoms with Gasteiger partial charge >= 0.3 is 6.03 Å². The van der Waals surface area contributed by atoms with Gasteiger partial charge in [-0.15, -0.1) is 0 Å². The summed E-state index contributed by atoms with van der Waals surface area (Å²) in [5.41, 5.74) is 0.639. The highest BCUT2D eigenvalue weighted by Crippen LogP contribution is 2.33. The number of benzene rings is 3. The third-order valence-electron chi connectivity index (χ3n) is 5.63. The topological polar surface area (TPSA) is 87.7 Å². The van der Waals surface area contributed by atoms with Crippen LogP contribution in [-0.2, 0) is 16.9 Å². The molecule has 5 rings (SSSR count). The Bertz CT molecular complexity index is 1250. The van der Waals surface area contributed by atoms with Gasteiger partial charge in [-0.1, -0.05) is 36.4 Å². The van der Waals surface area contributed by atoms with Gasteiger partial charge in [0.25, 0.3) is 11.8 Å². The number of amides is 4. The zero-order valence-corrected chi connectivity index (χ0v) is 19.0. The Balaban J connectivity index is 1.49. The first-order valence-corrected chi connectivity index (χ1v) is 11.1. The molecular weight excluding hydrogens is 521 g/mol. The van der Waals surface area contributed by atoms with Crippen LogP contribution in [0.15, 0.2) is 72.8 Å². The van der Waals surface area contributed by atoms with Crippen molar-refractivity contribution in [3.8, 4) is 11.5 Å². The Kier molecular flexibility index (Phi) is 5.09. The van der Waals surface area contributed by atoms with Crippen LogP contribution < -0.4 is 15.4 Å². The molecule has 1 unspecified atom stereocenters. The fourth-order valence-corrected chi connectivity index (χ4v) is 4.59. The summed E-state index contributed by atoms with van der Waals surface area (Å²) in [6.45, 7) is 0.375. The predicted molar refractivity (Wildman–Crippen MR) is 125 cm³/mol. The van der Waals surface area contributed by atoms with Crippen LogP contribution >= 0.6 is 22.6 Å². The normalized spacial score (nSPS) is 19.5. The monoisotopic (exact) mass is 539 g/mol. The van der Waals surface area contributed by atoms with Crippen LogP contribution in [0.25, 0.3) is 0 Å². The lowest BCUT2D eigenvalue weighted by Gasteiger charge is -2.31. The molecule has 0 aromatic heterocycles. The van der Waals surface area contributed by atoms with Crippen LogP contribution in [-0.4, -0.2) is 29.3 Å². The van der Waals surface area contributed by atoms with E-state index >= 15 is 0 Å². The van der Waals surface area contributed by atoms with Crippen molar-refractivity contribution in [3.63, 3.8) is 0 Å². The van der Waals surface area contributed by atoms with Gasteiger partial charge in [0.1, 0.15) is 11.5 Å². The highest BCUT2D eigenvalue weighted by molar-refractivity contribution is 14.1. The number of hydrogen-bond acceptors (Lipinski definition) is 4. The zero-order chi connectivity index (χ0) is 22.3. The largest absolute Gasteiger partial charge is 0.457 e. The summed E-state index contributed by atoms with van der Waals surface area (Å²) in [4.78, 5) is 39.8. The molecule has 3 aromatic carbocycles. The van der Waals surface area contributed by atoms with Crippen molar-refractivity contribution < 1.29 is 19.1 Å². The Hall–Kier alpha value is -3.40. The molecule has 0 aliphatic carbocycles. The van der Waals surface area contributed by atoms with Crippen molar-refractivity contribution in [1.29, 1.82) is 0 Å². The predicted octanol–water partition coefficient (Wildman–Crippen LogP) is 3.77. The quantitative estimate of drug-likeness (QED) is 0.382. The van der Waals surface area contributed by atoms with E-state index < -0.39 is 17.5 Å². The first-order valence-electron chi connectivity index (χ1n) is 9.99. The van der Waals surface area contributed by atoms with Crippen molar-refractivity contribution in [2.24, 2.45) is 0 Å². The minimum atomic E-state index is -1.42. The molecule has 0 bridgehead atoms. The van der Waals surface area contributed by atoms with Crippen molar-refractivity contribution in [1.82, 2.24) is 15.5 Å². The van der Waals surface area contributed by atoms with E-state index in [1.165, 1.54) is 0 Å².